The van der Waals surface area contributed by atoms with Crippen LogP contribution < -0.4 is 5.32 Å². The molecule has 0 aromatic heterocycles. The molecule has 1 aromatic rings. The Labute approximate surface area is 125 Å². The fourth-order valence-corrected chi connectivity index (χ4v) is 5.19. The van der Waals surface area contributed by atoms with Gasteiger partial charge in [0.05, 0.1) is 6.42 Å². The molecule has 4 aliphatic carbocycles. The van der Waals surface area contributed by atoms with Gasteiger partial charge in [0.1, 0.15) is 5.82 Å². The highest BCUT2D eigenvalue weighted by atomic mass is 19.1. The quantitative estimate of drug-likeness (QED) is 0.908. The topological polar surface area (TPSA) is 29.1 Å². The molecular formula is C18H22FNO. The minimum Gasteiger partial charge on any atom is -0.353 e. The van der Waals surface area contributed by atoms with Gasteiger partial charge in [0.25, 0.3) is 0 Å². The van der Waals surface area contributed by atoms with Gasteiger partial charge in [-0.15, -0.1) is 0 Å². The minimum absolute atomic E-state index is 0.0964. The Bertz CT molecular complexity index is 511. The van der Waals surface area contributed by atoms with Gasteiger partial charge in [-0.1, -0.05) is 12.1 Å². The van der Waals surface area contributed by atoms with Crippen molar-refractivity contribution < 1.29 is 9.18 Å². The molecule has 4 bridgehead atoms. The Morgan fingerprint density at radius 3 is 2.14 bits per heavy atom. The third-order valence-electron chi connectivity index (χ3n) is 5.83. The molecule has 0 atom stereocenters. The maximum atomic E-state index is 12.9. The molecule has 2 nitrogen and oxygen atoms in total. The van der Waals surface area contributed by atoms with Crippen LogP contribution in [0.15, 0.2) is 24.3 Å². The lowest BCUT2D eigenvalue weighted by molar-refractivity contribution is -0.124. The fourth-order valence-electron chi connectivity index (χ4n) is 5.19. The van der Waals surface area contributed by atoms with E-state index in [2.05, 4.69) is 5.32 Å². The van der Waals surface area contributed by atoms with Gasteiger partial charge >= 0.3 is 0 Å². The lowest BCUT2D eigenvalue weighted by atomic mass is 9.54. The summed E-state index contributed by atoms with van der Waals surface area (Å²) in [5.74, 6) is 3.12. The highest BCUT2D eigenvalue weighted by Gasteiger charge is 2.48. The van der Waals surface area contributed by atoms with Gasteiger partial charge in [0.15, 0.2) is 0 Å². The van der Waals surface area contributed by atoms with Crippen LogP contribution in [0.4, 0.5) is 4.39 Å². The normalized spacial score (nSPS) is 36.7. The van der Waals surface area contributed by atoms with Gasteiger partial charge in [-0.3, -0.25) is 4.79 Å². The zero-order valence-electron chi connectivity index (χ0n) is 12.2. The lowest BCUT2D eigenvalue weighted by Gasteiger charge is -2.54. The molecule has 1 N–H and O–H groups in total. The Hall–Kier alpha value is -1.38. The van der Waals surface area contributed by atoms with Crippen molar-refractivity contribution >= 4 is 5.91 Å². The zero-order chi connectivity index (χ0) is 14.4. The fraction of sp³-hybridized carbons (Fsp3) is 0.611. The average Bonchev–Trinajstić information content (AvgIpc) is 2.45. The summed E-state index contributed by atoms with van der Waals surface area (Å²) in [7, 11) is 0. The van der Waals surface area contributed by atoms with Crippen LogP contribution in [0.1, 0.15) is 37.7 Å². The molecule has 3 heteroatoms. The molecule has 0 spiro atoms. The molecule has 5 rings (SSSR count). The van der Waals surface area contributed by atoms with Crippen molar-refractivity contribution in [1.82, 2.24) is 5.32 Å². The summed E-state index contributed by atoms with van der Waals surface area (Å²) in [6, 6.07) is 6.64. The van der Waals surface area contributed by atoms with E-state index in [-0.39, 0.29) is 11.7 Å². The van der Waals surface area contributed by atoms with Crippen LogP contribution in [-0.4, -0.2) is 11.9 Å². The summed E-state index contributed by atoms with van der Waals surface area (Å²) in [6.07, 6.45) is 7.05. The zero-order valence-corrected chi connectivity index (χ0v) is 12.2. The molecule has 0 unspecified atom stereocenters. The van der Waals surface area contributed by atoms with Gasteiger partial charge in [-0.25, -0.2) is 4.39 Å². The summed E-state index contributed by atoms with van der Waals surface area (Å²) >= 11 is 0. The van der Waals surface area contributed by atoms with Crippen molar-refractivity contribution in [2.75, 3.05) is 0 Å². The third kappa shape index (κ3) is 2.58. The monoisotopic (exact) mass is 287 g/mol. The molecule has 0 saturated heterocycles. The first kappa shape index (κ1) is 13.3. The van der Waals surface area contributed by atoms with Crippen LogP contribution in [0.2, 0.25) is 0 Å². The molecule has 21 heavy (non-hydrogen) atoms. The van der Waals surface area contributed by atoms with Gasteiger partial charge in [-0.05, 0) is 73.5 Å². The number of halogens is 1. The molecular weight excluding hydrogens is 265 g/mol. The summed E-state index contributed by atoms with van der Waals surface area (Å²) in [5.41, 5.74) is 0.887. The minimum atomic E-state index is -0.250. The number of nitrogens with one attached hydrogen (secondary N) is 1. The van der Waals surface area contributed by atoms with Crippen molar-refractivity contribution in [3.05, 3.63) is 35.6 Å². The van der Waals surface area contributed by atoms with Crippen molar-refractivity contribution in [3.63, 3.8) is 0 Å². The van der Waals surface area contributed by atoms with E-state index in [4.69, 9.17) is 0 Å². The second kappa shape index (κ2) is 5.11. The number of carbonyl (C=O) groups is 1. The van der Waals surface area contributed by atoms with Crippen LogP contribution in [0.5, 0.6) is 0 Å². The summed E-state index contributed by atoms with van der Waals surface area (Å²) in [6.45, 7) is 0. The molecule has 1 amide bonds. The molecule has 0 radical (unpaired) electrons. The first-order valence-corrected chi connectivity index (χ1v) is 8.21. The van der Waals surface area contributed by atoms with E-state index in [1.54, 1.807) is 12.1 Å². The van der Waals surface area contributed by atoms with Gasteiger partial charge < -0.3 is 5.32 Å². The second-order valence-electron chi connectivity index (χ2n) is 7.33. The molecule has 0 heterocycles. The molecule has 4 aliphatic rings. The summed E-state index contributed by atoms with van der Waals surface area (Å²) < 4.78 is 12.9. The first-order chi connectivity index (χ1) is 10.2. The number of benzene rings is 1. The van der Waals surface area contributed by atoms with Crippen LogP contribution in [0.3, 0.4) is 0 Å². The highest BCUT2D eigenvalue weighted by molar-refractivity contribution is 5.79. The van der Waals surface area contributed by atoms with Crippen LogP contribution in [0.25, 0.3) is 0 Å². The van der Waals surface area contributed by atoms with E-state index in [1.165, 1.54) is 44.2 Å². The molecule has 1 aromatic carbocycles. The van der Waals surface area contributed by atoms with Gasteiger partial charge in [-0.2, -0.15) is 0 Å². The second-order valence-corrected chi connectivity index (χ2v) is 7.33. The maximum absolute atomic E-state index is 12.9. The van der Waals surface area contributed by atoms with E-state index in [0.29, 0.717) is 24.3 Å². The van der Waals surface area contributed by atoms with Crippen LogP contribution >= 0.6 is 0 Å². The maximum Gasteiger partial charge on any atom is 0.224 e. The SMILES string of the molecule is O=C(Cc1ccc(F)cc1)NC1C2CC3CC(C2)CC1C3. The van der Waals surface area contributed by atoms with E-state index in [9.17, 15) is 9.18 Å². The van der Waals surface area contributed by atoms with Gasteiger partial charge in [0, 0.05) is 6.04 Å². The summed E-state index contributed by atoms with van der Waals surface area (Å²) in [5, 5.41) is 3.29. The molecule has 4 fully saturated rings. The van der Waals surface area contributed by atoms with Crippen molar-refractivity contribution in [3.8, 4) is 0 Å². The predicted molar refractivity (Wildman–Crippen MR) is 79.1 cm³/mol. The Morgan fingerprint density at radius 2 is 1.57 bits per heavy atom. The Kier molecular flexibility index (Phi) is 3.24. The number of amides is 1. The van der Waals surface area contributed by atoms with Crippen molar-refractivity contribution in [2.45, 2.75) is 44.6 Å². The highest BCUT2D eigenvalue weighted by Crippen LogP contribution is 2.53. The molecule has 0 aliphatic heterocycles. The number of rotatable bonds is 3. The smallest absolute Gasteiger partial charge is 0.224 e. The van der Waals surface area contributed by atoms with Crippen molar-refractivity contribution in [2.24, 2.45) is 23.7 Å². The number of hydrogen-bond donors (Lipinski definition) is 1. The van der Waals surface area contributed by atoms with Crippen molar-refractivity contribution in [1.29, 1.82) is 0 Å². The Balaban J connectivity index is 1.39. The van der Waals surface area contributed by atoms with E-state index >= 15 is 0 Å². The van der Waals surface area contributed by atoms with Crippen LogP contribution in [0, 0.1) is 29.5 Å². The molecule has 4 saturated carbocycles. The Morgan fingerprint density at radius 1 is 1.00 bits per heavy atom. The first-order valence-electron chi connectivity index (χ1n) is 8.21. The standard InChI is InChI=1S/C18H22FNO/c19-16-3-1-11(2-4-16)10-17(21)20-18-14-6-12-5-13(8-14)9-15(18)7-12/h1-4,12-15,18H,5-10H2,(H,20,21). The predicted octanol–water partition coefficient (Wildman–Crippen LogP) is 3.31. The third-order valence-corrected chi connectivity index (χ3v) is 5.83. The van der Waals surface area contributed by atoms with Gasteiger partial charge in [0.2, 0.25) is 5.91 Å². The lowest BCUT2D eigenvalue weighted by Crippen LogP contribution is -2.56. The molecule has 112 valence electrons. The largest absolute Gasteiger partial charge is 0.353 e. The average molecular weight is 287 g/mol. The van der Waals surface area contributed by atoms with E-state index in [0.717, 1.165) is 17.4 Å². The number of hydrogen-bond acceptors (Lipinski definition) is 1. The summed E-state index contributed by atoms with van der Waals surface area (Å²) in [4.78, 5) is 12.3. The van der Waals surface area contributed by atoms with E-state index in [1.807, 2.05) is 0 Å². The van der Waals surface area contributed by atoms with Crippen LogP contribution in [-0.2, 0) is 11.2 Å². The number of carbonyl (C=O) groups excluding carboxylic acids is 1. The van der Waals surface area contributed by atoms with E-state index < -0.39 is 0 Å².